The number of thiocarbonyl (C=S) groups is 1. The molecule has 0 heterocycles. The molecule has 19 heavy (non-hydrogen) atoms. The highest BCUT2D eigenvalue weighted by atomic mass is 32.1. The fourth-order valence-corrected chi connectivity index (χ4v) is 2.08. The topological polar surface area (TPSA) is 35.2 Å². The van der Waals surface area contributed by atoms with E-state index in [0.29, 0.717) is 12.2 Å². The Labute approximate surface area is 120 Å². The van der Waals surface area contributed by atoms with Gasteiger partial charge in [-0.15, -0.1) is 0 Å². The van der Waals surface area contributed by atoms with Crippen LogP contribution in [-0.4, -0.2) is 11.6 Å². The normalized spacial score (nSPS) is 10.6. The number of ether oxygens (including phenoxy) is 1. The Kier molecular flexibility index (Phi) is 7.60. The van der Waals surface area contributed by atoms with Crippen molar-refractivity contribution >= 4 is 17.2 Å². The Balaban J connectivity index is 2.35. The van der Waals surface area contributed by atoms with Crippen molar-refractivity contribution in [3.63, 3.8) is 0 Å². The molecule has 0 fully saturated rings. The molecule has 0 aliphatic heterocycles. The molecule has 0 atom stereocenters. The fraction of sp³-hybridized carbons (Fsp3) is 0.533. The summed E-state index contributed by atoms with van der Waals surface area (Å²) >= 11 is 4.91. The maximum Gasteiger partial charge on any atom is 0.123 e. The highest BCUT2D eigenvalue weighted by molar-refractivity contribution is 7.80. The Morgan fingerprint density at radius 1 is 1.26 bits per heavy atom. The third-order valence-electron chi connectivity index (χ3n) is 2.99. The van der Waals surface area contributed by atoms with Crippen LogP contribution in [0.5, 0.6) is 0 Å². The van der Waals surface area contributed by atoms with E-state index in [-0.39, 0.29) is 10.8 Å². The van der Waals surface area contributed by atoms with Gasteiger partial charge >= 0.3 is 0 Å². The molecule has 0 radical (unpaired) electrons. The first-order chi connectivity index (χ1) is 9.15. The van der Waals surface area contributed by atoms with E-state index in [1.165, 1.54) is 37.8 Å². The van der Waals surface area contributed by atoms with Gasteiger partial charge in [0.1, 0.15) is 10.8 Å². The van der Waals surface area contributed by atoms with E-state index in [2.05, 4.69) is 6.92 Å². The Bertz CT molecular complexity index is 409. The molecule has 2 N–H and O–H groups in total. The average molecular weight is 283 g/mol. The van der Waals surface area contributed by atoms with Crippen LogP contribution < -0.4 is 5.73 Å². The van der Waals surface area contributed by atoms with Gasteiger partial charge in [-0.05, 0) is 24.1 Å². The molecule has 1 aromatic carbocycles. The van der Waals surface area contributed by atoms with E-state index in [1.807, 2.05) is 0 Å². The van der Waals surface area contributed by atoms with Crippen LogP contribution in [0.2, 0.25) is 0 Å². The van der Waals surface area contributed by atoms with Crippen molar-refractivity contribution < 1.29 is 9.13 Å². The smallest absolute Gasteiger partial charge is 0.123 e. The Morgan fingerprint density at radius 3 is 2.68 bits per heavy atom. The number of unbranched alkanes of at least 4 members (excludes halogenated alkanes) is 4. The van der Waals surface area contributed by atoms with Gasteiger partial charge in [0.05, 0.1) is 6.61 Å². The molecule has 0 unspecified atom stereocenters. The highest BCUT2D eigenvalue weighted by Gasteiger charge is 2.06. The molecule has 1 rings (SSSR count). The van der Waals surface area contributed by atoms with Gasteiger partial charge in [0.2, 0.25) is 0 Å². The molecule has 0 bridgehead atoms. The van der Waals surface area contributed by atoms with Crippen LogP contribution in [0.25, 0.3) is 0 Å². The molecule has 0 aliphatic rings. The lowest BCUT2D eigenvalue weighted by Gasteiger charge is -2.09. The number of nitrogens with two attached hydrogens (primary N) is 1. The van der Waals surface area contributed by atoms with Crippen molar-refractivity contribution in [3.05, 3.63) is 35.1 Å². The minimum absolute atomic E-state index is 0.209. The van der Waals surface area contributed by atoms with Crippen molar-refractivity contribution in [2.75, 3.05) is 6.61 Å². The lowest BCUT2D eigenvalue weighted by atomic mass is 10.1. The van der Waals surface area contributed by atoms with Crippen LogP contribution in [0.1, 0.15) is 50.2 Å². The number of halogens is 1. The van der Waals surface area contributed by atoms with Gasteiger partial charge in [0.25, 0.3) is 0 Å². The molecule has 0 saturated heterocycles. The third-order valence-corrected chi connectivity index (χ3v) is 3.21. The molecular weight excluding hydrogens is 261 g/mol. The minimum Gasteiger partial charge on any atom is -0.389 e. The van der Waals surface area contributed by atoms with E-state index in [1.54, 1.807) is 6.07 Å². The van der Waals surface area contributed by atoms with Gasteiger partial charge in [-0.25, -0.2) is 4.39 Å². The van der Waals surface area contributed by atoms with E-state index < -0.39 is 0 Å². The summed E-state index contributed by atoms with van der Waals surface area (Å²) in [6.07, 6.45) is 6.04. The SMILES string of the molecule is CCCCCCCOCc1ccc(F)cc1C(N)=S. The monoisotopic (exact) mass is 283 g/mol. The molecule has 0 saturated carbocycles. The summed E-state index contributed by atoms with van der Waals surface area (Å²) in [6, 6.07) is 4.45. The van der Waals surface area contributed by atoms with Gasteiger partial charge in [0, 0.05) is 12.2 Å². The lowest BCUT2D eigenvalue weighted by molar-refractivity contribution is 0.116. The third kappa shape index (κ3) is 6.12. The second-order valence-corrected chi connectivity index (χ2v) is 5.07. The predicted molar refractivity (Wildman–Crippen MR) is 80.7 cm³/mol. The largest absolute Gasteiger partial charge is 0.389 e. The zero-order valence-corrected chi connectivity index (χ0v) is 12.3. The summed E-state index contributed by atoms with van der Waals surface area (Å²) < 4.78 is 18.7. The zero-order chi connectivity index (χ0) is 14.1. The molecule has 106 valence electrons. The van der Waals surface area contributed by atoms with E-state index >= 15 is 0 Å². The number of benzene rings is 1. The summed E-state index contributed by atoms with van der Waals surface area (Å²) in [5, 5.41) is 0. The van der Waals surface area contributed by atoms with Crippen LogP contribution in [0.15, 0.2) is 18.2 Å². The Morgan fingerprint density at radius 2 is 2.00 bits per heavy atom. The predicted octanol–water partition coefficient (Wildman–Crippen LogP) is 3.95. The zero-order valence-electron chi connectivity index (χ0n) is 11.5. The van der Waals surface area contributed by atoms with Gasteiger partial charge in [0.15, 0.2) is 0 Å². The maximum atomic E-state index is 13.1. The summed E-state index contributed by atoms with van der Waals surface area (Å²) in [6.45, 7) is 3.35. The summed E-state index contributed by atoms with van der Waals surface area (Å²) in [5.41, 5.74) is 7.00. The van der Waals surface area contributed by atoms with Gasteiger partial charge < -0.3 is 10.5 Å². The molecular formula is C15H22FNOS. The molecule has 1 aromatic rings. The van der Waals surface area contributed by atoms with Crippen molar-refractivity contribution in [1.29, 1.82) is 0 Å². The second-order valence-electron chi connectivity index (χ2n) is 4.63. The van der Waals surface area contributed by atoms with E-state index in [4.69, 9.17) is 22.7 Å². The van der Waals surface area contributed by atoms with Crippen LogP contribution >= 0.6 is 12.2 Å². The van der Waals surface area contributed by atoms with Crippen LogP contribution in [0, 0.1) is 5.82 Å². The van der Waals surface area contributed by atoms with E-state index in [9.17, 15) is 4.39 Å². The second kappa shape index (κ2) is 8.99. The van der Waals surface area contributed by atoms with Crippen LogP contribution in [0.3, 0.4) is 0 Å². The van der Waals surface area contributed by atoms with Crippen molar-refractivity contribution in [2.24, 2.45) is 5.73 Å². The summed E-state index contributed by atoms with van der Waals surface area (Å²) in [5.74, 6) is -0.328. The number of rotatable bonds is 9. The number of hydrogen-bond donors (Lipinski definition) is 1. The summed E-state index contributed by atoms with van der Waals surface area (Å²) in [4.78, 5) is 0.209. The molecule has 0 amide bonds. The van der Waals surface area contributed by atoms with E-state index in [0.717, 1.165) is 18.6 Å². The number of hydrogen-bond acceptors (Lipinski definition) is 2. The first-order valence-electron chi connectivity index (χ1n) is 6.81. The average Bonchev–Trinajstić information content (AvgIpc) is 2.39. The summed E-state index contributed by atoms with van der Waals surface area (Å²) in [7, 11) is 0. The van der Waals surface area contributed by atoms with Crippen molar-refractivity contribution in [3.8, 4) is 0 Å². The molecule has 2 nitrogen and oxygen atoms in total. The van der Waals surface area contributed by atoms with Gasteiger partial charge in [-0.2, -0.15) is 0 Å². The first kappa shape index (κ1) is 16.1. The first-order valence-corrected chi connectivity index (χ1v) is 7.22. The molecule has 4 heteroatoms. The highest BCUT2D eigenvalue weighted by Crippen LogP contribution is 2.13. The van der Waals surface area contributed by atoms with Crippen LogP contribution in [-0.2, 0) is 11.3 Å². The quantitative estimate of drug-likeness (QED) is 0.550. The maximum absolute atomic E-state index is 13.1. The standard InChI is InChI=1S/C15H22FNOS/c1-2-3-4-5-6-9-18-11-12-7-8-13(16)10-14(12)15(17)19/h7-8,10H,2-6,9,11H2,1H3,(H2,17,19). The fourth-order valence-electron chi connectivity index (χ4n) is 1.89. The molecule has 0 aromatic heterocycles. The minimum atomic E-state index is -0.328. The van der Waals surface area contributed by atoms with Gasteiger partial charge in [-0.1, -0.05) is 50.9 Å². The Hall–Kier alpha value is -1.00. The van der Waals surface area contributed by atoms with Crippen LogP contribution in [0.4, 0.5) is 4.39 Å². The van der Waals surface area contributed by atoms with Crippen molar-refractivity contribution in [1.82, 2.24) is 0 Å². The molecule has 0 aliphatic carbocycles. The lowest BCUT2D eigenvalue weighted by Crippen LogP contribution is -2.13. The van der Waals surface area contributed by atoms with Crippen molar-refractivity contribution in [2.45, 2.75) is 45.6 Å². The molecule has 0 spiro atoms. The van der Waals surface area contributed by atoms with Gasteiger partial charge in [-0.3, -0.25) is 0 Å².